The van der Waals surface area contributed by atoms with Gasteiger partial charge in [0, 0.05) is 16.8 Å². The van der Waals surface area contributed by atoms with Crippen LogP contribution in [0.1, 0.15) is 6.92 Å². The van der Waals surface area contributed by atoms with Crippen molar-refractivity contribution in [3.05, 3.63) is 47.5 Å². The van der Waals surface area contributed by atoms with Crippen LogP contribution in [0.4, 0.5) is 11.4 Å². The summed E-state index contributed by atoms with van der Waals surface area (Å²) in [5, 5.41) is 6.59. The highest BCUT2D eigenvalue weighted by Crippen LogP contribution is 2.29. The van der Waals surface area contributed by atoms with Crippen LogP contribution in [0, 0.1) is 0 Å². The van der Waals surface area contributed by atoms with Gasteiger partial charge in [-0.3, -0.25) is 4.79 Å². The normalized spacial score (nSPS) is 11.5. The number of carbonyl (C=O) groups is 1. The number of nitrogens with one attached hydrogen (secondary N) is 2. The molecule has 5 nitrogen and oxygen atoms in total. The Morgan fingerprint density at radius 2 is 1.78 bits per heavy atom. The minimum Gasteiger partial charge on any atom is -0.497 e. The van der Waals surface area contributed by atoms with E-state index in [1.165, 1.54) is 0 Å². The third kappa shape index (κ3) is 4.53. The first kappa shape index (κ1) is 17.0. The summed E-state index contributed by atoms with van der Waals surface area (Å²) in [7, 11) is 3.12. The monoisotopic (exact) mass is 334 g/mol. The quantitative estimate of drug-likeness (QED) is 0.843. The first-order valence-corrected chi connectivity index (χ1v) is 7.46. The number of carbonyl (C=O) groups excluding carboxylic acids is 1. The summed E-state index contributed by atoms with van der Waals surface area (Å²) in [4.78, 5) is 12.4. The van der Waals surface area contributed by atoms with Gasteiger partial charge >= 0.3 is 0 Å². The molecule has 0 radical (unpaired) electrons. The molecular weight excluding hydrogens is 316 g/mol. The van der Waals surface area contributed by atoms with Crippen LogP contribution < -0.4 is 20.1 Å². The number of rotatable bonds is 6. The molecule has 0 spiro atoms. The summed E-state index contributed by atoms with van der Waals surface area (Å²) < 4.78 is 10.4. The smallest absolute Gasteiger partial charge is 0.246 e. The summed E-state index contributed by atoms with van der Waals surface area (Å²) in [6, 6.07) is 11.9. The van der Waals surface area contributed by atoms with E-state index in [0.29, 0.717) is 22.2 Å². The van der Waals surface area contributed by atoms with E-state index < -0.39 is 6.04 Å². The molecule has 0 saturated carbocycles. The maximum Gasteiger partial charge on any atom is 0.246 e. The van der Waals surface area contributed by atoms with Crippen molar-refractivity contribution in [3.63, 3.8) is 0 Å². The molecule has 6 heteroatoms. The number of amides is 1. The zero-order chi connectivity index (χ0) is 16.8. The predicted molar refractivity (Wildman–Crippen MR) is 92.7 cm³/mol. The van der Waals surface area contributed by atoms with Gasteiger partial charge in [-0.25, -0.2) is 0 Å². The van der Waals surface area contributed by atoms with Gasteiger partial charge in [0.1, 0.15) is 17.5 Å². The lowest BCUT2D eigenvalue weighted by Crippen LogP contribution is -2.32. The van der Waals surface area contributed by atoms with E-state index in [4.69, 9.17) is 21.1 Å². The molecule has 1 amide bonds. The first-order valence-electron chi connectivity index (χ1n) is 7.08. The van der Waals surface area contributed by atoms with E-state index in [0.717, 1.165) is 5.69 Å². The van der Waals surface area contributed by atoms with Crippen LogP contribution in [0.2, 0.25) is 5.02 Å². The molecule has 0 aliphatic rings. The van der Waals surface area contributed by atoms with E-state index in [1.54, 1.807) is 51.5 Å². The SMILES string of the molecule is COc1ccc(OC)c(NC(=O)C(C)Nc2ccc(Cl)cc2)c1. The molecule has 0 saturated heterocycles. The molecule has 2 rings (SSSR count). The lowest BCUT2D eigenvalue weighted by Gasteiger charge is -2.17. The maximum atomic E-state index is 12.4. The summed E-state index contributed by atoms with van der Waals surface area (Å²) in [5.41, 5.74) is 1.37. The zero-order valence-corrected chi connectivity index (χ0v) is 14.0. The fourth-order valence-electron chi connectivity index (χ4n) is 2.01. The number of anilines is 2. The van der Waals surface area contributed by atoms with Crippen LogP contribution in [0.25, 0.3) is 0 Å². The molecule has 0 aliphatic heterocycles. The van der Waals surface area contributed by atoms with Crippen molar-refractivity contribution in [1.82, 2.24) is 0 Å². The van der Waals surface area contributed by atoms with Crippen molar-refractivity contribution >= 4 is 28.9 Å². The number of halogens is 1. The van der Waals surface area contributed by atoms with Gasteiger partial charge in [-0.1, -0.05) is 11.6 Å². The summed E-state index contributed by atoms with van der Waals surface area (Å²) in [5.74, 6) is 1.02. The minimum absolute atomic E-state index is 0.188. The van der Waals surface area contributed by atoms with Gasteiger partial charge < -0.3 is 20.1 Å². The third-order valence-corrected chi connectivity index (χ3v) is 3.54. The summed E-state index contributed by atoms with van der Waals surface area (Å²) in [6.45, 7) is 1.77. The Balaban J connectivity index is 2.07. The molecular formula is C17H19ClN2O3. The van der Waals surface area contributed by atoms with Crippen molar-refractivity contribution < 1.29 is 14.3 Å². The van der Waals surface area contributed by atoms with Gasteiger partial charge in [-0.2, -0.15) is 0 Å². The Labute approximate surface area is 140 Å². The van der Waals surface area contributed by atoms with Crippen LogP contribution in [0.15, 0.2) is 42.5 Å². The Morgan fingerprint density at radius 1 is 1.09 bits per heavy atom. The molecule has 2 N–H and O–H groups in total. The van der Waals surface area contributed by atoms with Crippen molar-refractivity contribution in [3.8, 4) is 11.5 Å². The first-order chi connectivity index (χ1) is 11.0. The van der Waals surface area contributed by atoms with Crippen LogP contribution in [0.3, 0.4) is 0 Å². The van der Waals surface area contributed by atoms with Crippen LogP contribution in [-0.2, 0) is 4.79 Å². The lowest BCUT2D eigenvalue weighted by molar-refractivity contribution is -0.116. The van der Waals surface area contributed by atoms with Gasteiger partial charge in [-0.15, -0.1) is 0 Å². The second-order valence-electron chi connectivity index (χ2n) is 4.93. The molecule has 0 aromatic heterocycles. The molecule has 0 bridgehead atoms. The molecule has 1 unspecified atom stereocenters. The average Bonchev–Trinajstić information content (AvgIpc) is 2.56. The van der Waals surface area contributed by atoms with E-state index in [1.807, 2.05) is 12.1 Å². The fourth-order valence-corrected chi connectivity index (χ4v) is 2.14. The molecule has 2 aromatic carbocycles. The highest BCUT2D eigenvalue weighted by Gasteiger charge is 2.15. The molecule has 23 heavy (non-hydrogen) atoms. The van der Waals surface area contributed by atoms with Gasteiger partial charge in [0.05, 0.1) is 19.9 Å². The number of hydrogen-bond donors (Lipinski definition) is 2. The largest absolute Gasteiger partial charge is 0.497 e. The molecule has 122 valence electrons. The standard InChI is InChI=1S/C17H19ClN2O3/c1-11(19-13-6-4-12(18)5-7-13)17(21)20-15-10-14(22-2)8-9-16(15)23-3/h4-11,19H,1-3H3,(H,20,21). The van der Waals surface area contributed by atoms with Crippen molar-refractivity contribution in [1.29, 1.82) is 0 Å². The Hall–Kier alpha value is -2.40. The van der Waals surface area contributed by atoms with E-state index in [9.17, 15) is 4.79 Å². The van der Waals surface area contributed by atoms with Crippen LogP contribution >= 0.6 is 11.6 Å². The topological polar surface area (TPSA) is 59.6 Å². The lowest BCUT2D eigenvalue weighted by atomic mass is 10.2. The van der Waals surface area contributed by atoms with Crippen LogP contribution in [0.5, 0.6) is 11.5 Å². The highest BCUT2D eigenvalue weighted by atomic mass is 35.5. The molecule has 2 aromatic rings. The van der Waals surface area contributed by atoms with Gasteiger partial charge in [0.2, 0.25) is 5.91 Å². The second-order valence-corrected chi connectivity index (χ2v) is 5.36. The Bertz CT molecular complexity index is 674. The molecule has 0 fully saturated rings. The predicted octanol–water partition coefficient (Wildman–Crippen LogP) is 3.80. The van der Waals surface area contributed by atoms with E-state index >= 15 is 0 Å². The van der Waals surface area contributed by atoms with Gasteiger partial charge in [0.25, 0.3) is 0 Å². The van der Waals surface area contributed by atoms with E-state index in [-0.39, 0.29) is 5.91 Å². The van der Waals surface area contributed by atoms with Crippen molar-refractivity contribution in [2.24, 2.45) is 0 Å². The molecule has 0 aliphatic carbocycles. The Kier molecular flexibility index (Phi) is 5.71. The maximum absolute atomic E-state index is 12.4. The summed E-state index contributed by atoms with van der Waals surface area (Å²) >= 11 is 5.85. The highest BCUT2D eigenvalue weighted by molar-refractivity contribution is 6.30. The zero-order valence-electron chi connectivity index (χ0n) is 13.2. The van der Waals surface area contributed by atoms with Crippen molar-refractivity contribution in [2.75, 3.05) is 24.9 Å². The average molecular weight is 335 g/mol. The fraction of sp³-hybridized carbons (Fsp3) is 0.235. The molecule has 1 atom stereocenters. The van der Waals surface area contributed by atoms with E-state index in [2.05, 4.69) is 10.6 Å². The second kappa shape index (κ2) is 7.74. The van der Waals surface area contributed by atoms with Crippen molar-refractivity contribution in [2.45, 2.75) is 13.0 Å². The number of hydrogen-bond acceptors (Lipinski definition) is 4. The van der Waals surface area contributed by atoms with Crippen LogP contribution in [-0.4, -0.2) is 26.2 Å². The number of methoxy groups -OCH3 is 2. The number of ether oxygens (including phenoxy) is 2. The van der Waals surface area contributed by atoms with Gasteiger partial charge in [0.15, 0.2) is 0 Å². The molecule has 0 heterocycles. The van der Waals surface area contributed by atoms with Gasteiger partial charge in [-0.05, 0) is 43.3 Å². The number of benzene rings is 2. The summed E-state index contributed by atoms with van der Waals surface area (Å²) in [6.07, 6.45) is 0. The Morgan fingerprint density at radius 3 is 2.39 bits per heavy atom. The minimum atomic E-state index is -0.438. The third-order valence-electron chi connectivity index (χ3n) is 3.29.